The summed E-state index contributed by atoms with van der Waals surface area (Å²) in [7, 11) is 1.62. The topological polar surface area (TPSA) is 85.1 Å². The molecule has 2 aromatic rings. The van der Waals surface area contributed by atoms with Gasteiger partial charge < -0.3 is 15.5 Å². The van der Waals surface area contributed by atoms with E-state index in [1.807, 2.05) is 32.0 Å². The van der Waals surface area contributed by atoms with E-state index in [1.54, 1.807) is 7.11 Å². The highest BCUT2D eigenvalue weighted by molar-refractivity contribution is 9.10. The molecule has 0 amide bonds. The fourth-order valence-electron chi connectivity index (χ4n) is 1.80. The maximum absolute atomic E-state index is 5.46. The zero-order chi connectivity index (χ0) is 14.7. The number of nitrogens with zero attached hydrogens (tertiary/aromatic N) is 2. The van der Waals surface area contributed by atoms with E-state index in [0.29, 0.717) is 17.5 Å². The quantitative estimate of drug-likeness (QED) is 0.587. The van der Waals surface area contributed by atoms with Gasteiger partial charge in [0.15, 0.2) is 0 Å². The van der Waals surface area contributed by atoms with Crippen molar-refractivity contribution in [1.29, 1.82) is 0 Å². The molecule has 0 atom stereocenters. The summed E-state index contributed by atoms with van der Waals surface area (Å²) >= 11 is 3.44. The minimum absolute atomic E-state index is 0.592. The number of rotatable bonds is 4. The molecule has 0 aliphatic rings. The van der Waals surface area contributed by atoms with E-state index in [4.69, 9.17) is 10.6 Å². The second-order valence-electron chi connectivity index (χ2n) is 4.21. The van der Waals surface area contributed by atoms with Gasteiger partial charge in [-0.25, -0.2) is 15.8 Å². The van der Waals surface area contributed by atoms with Crippen molar-refractivity contribution in [3.05, 3.63) is 34.1 Å². The van der Waals surface area contributed by atoms with E-state index >= 15 is 0 Å². The standard InChI is InChI=1S/C13H16BrN5O/c1-7-12(16-8(2)17-13(7)19-15)18-10-6-9(14)4-5-11(10)20-3/h4-6H,15H2,1-3H3,(H2,16,17,18,19). The average molecular weight is 338 g/mol. The number of nitrogens with two attached hydrogens (primary N) is 1. The Bertz CT molecular complexity index is 632. The van der Waals surface area contributed by atoms with Crippen molar-refractivity contribution < 1.29 is 4.74 Å². The van der Waals surface area contributed by atoms with E-state index in [1.165, 1.54) is 0 Å². The van der Waals surface area contributed by atoms with Gasteiger partial charge in [-0.1, -0.05) is 15.9 Å². The van der Waals surface area contributed by atoms with Crippen molar-refractivity contribution >= 4 is 33.3 Å². The molecule has 6 nitrogen and oxygen atoms in total. The molecule has 2 rings (SSSR count). The first-order valence-corrected chi connectivity index (χ1v) is 6.77. The second-order valence-corrected chi connectivity index (χ2v) is 5.12. The van der Waals surface area contributed by atoms with Crippen molar-refractivity contribution in [2.24, 2.45) is 5.84 Å². The first kappa shape index (κ1) is 14.5. The Balaban J connectivity index is 2.44. The first-order valence-electron chi connectivity index (χ1n) is 5.97. The zero-order valence-corrected chi connectivity index (χ0v) is 13.1. The largest absolute Gasteiger partial charge is 0.495 e. The lowest BCUT2D eigenvalue weighted by Gasteiger charge is -2.15. The fourth-order valence-corrected chi connectivity index (χ4v) is 2.16. The number of halogens is 1. The van der Waals surface area contributed by atoms with Crippen LogP contribution in [-0.4, -0.2) is 17.1 Å². The van der Waals surface area contributed by atoms with E-state index < -0.39 is 0 Å². The molecule has 20 heavy (non-hydrogen) atoms. The lowest BCUT2D eigenvalue weighted by molar-refractivity contribution is 0.416. The van der Waals surface area contributed by atoms with Crippen LogP contribution in [0.4, 0.5) is 17.3 Å². The lowest BCUT2D eigenvalue weighted by atomic mass is 10.2. The Morgan fingerprint density at radius 2 is 1.90 bits per heavy atom. The van der Waals surface area contributed by atoms with Gasteiger partial charge in [0.05, 0.1) is 12.8 Å². The molecule has 1 aromatic heterocycles. The van der Waals surface area contributed by atoms with Gasteiger partial charge in [-0.3, -0.25) is 0 Å². The summed E-state index contributed by atoms with van der Waals surface area (Å²) in [5, 5.41) is 3.25. The number of aryl methyl sites for hydroxylation is 1. The van der Waals surface area contributed by atoms with Crippen molar-refractivity contribution in [1.82, 2.24) is 9.97 Å². The molecular weight excluding hydrogens is 322 g/mol. The van der Waals surface area contributed by atoms with Crippen LogP contribution in [0.5, 0.6) is 5.75 Å². The van der Waals surface area contributed by atoms with E-state index in [2.05, 4.69) is 36.6 Å². The van der Waals surface area contributed by atoms with Crippen LogP contribution in [0, 0.1) is 13.8 Å². The monoisotopic (exact) mass is 337 g/mol. The number of ether oxygens (including phenoxy) is 1. The molecule has 1 aromatic carbocycles. The highest BCUT2D eigenvalue weighted by atomic mass is 79.9. The number of methoxy groups -OCH3 is 1. The molecule has 0 saturated heterocycles. The minimum atomic E-state index is 0.592. The van der Waals surface area contributed by atoms with Gasteiger partial charge >= 0.3 is 0 Å². The number of nitrogen functional groups attached to an aromatic ring is 1. The summed E-state index contributed by atoms with van der Waals surface area (Å²) in [6, 6.07) is 5.71. The van der Waals surface area contributed by atoms with Crippen molar-refractivity contribution in [2.75, 3.05) is 17.9 Å². The third-order valence-corrected chi connectivity index (χ3v) is 3.30. The van der Waals surface area contributed by atoms with Gasteiger partial charge in [0.25, 0.3) is 0 Å². The summed E-state index contributed by atoms with van der Waals surface area (Å²) < 4.78 is 6.28. The van der Waals surface area contributed by atoms with Crippen LogP contribution >= 0.6 is 15.9 Å². The Morgan fingerprint density at radius 1 is 1.20 bits per heavy atom. The van der Waals surface area contributed by atoms with E-state index in [-0.39, 0.29) is 0 Å². The molecule has 1 heterocycles. The number of benzene rings is 1. The van der Waals surface area contributed by atoms with Crippen molar-refractivity contribution in [3.8, 4) is 5.75 Å². The molecule has 0 saturated carbocycles. The maximum Gasteiger partial charge on any atom is 0.148 e. The molecule has 106 valence electrons. The minimum Gasteiger partial charge on any atom is -0.495 e. The van der Waals surface area contributed by atoms with Crippen LogP contribution in [0.3, 0.4) is 0 Å². The molecule has 0 aliphatic heterocycles. The Morgan fingerprint density at radius 3 is 2.55 bits per heavy atom. The van der Waals surface area contributed by atoms with Gasteiger partial charge in [0, 0.05) is 10.0 Å². The van der Waals surface area contributed by atoms with Gasteiger partial charge in [-0.05, 0) is 32.0 Å². The Kier molecular flexibility index (Phi) is 4.41. The average Bonchev–Trinajstić information content (AvgIpc) is 2.42. The summed E-state index contributed by atoms with van der Waals surface area (Å²) in [5.41, 5.74) is 4.22. The molecule has 0 fully saturated rings. The number of aromatic nitrogens is 2. The zero-order valence-electron chi connectivity index (χ0n) is 11.5. The van der Waals surface area contributed by atoms with E-state index in [9.17, 15) is 0 Å². The highest BCUT2D eigenvalue weighted by Crippen LogP contribution is 2.32. The van der Waals surface area contributed by atoms with Crippen LogP contribution in [0.1, 0.15) is 11.4 Å². The van der Waals surface area contributed by atoms with Gasteiger partial charge in [0.2, 0.25) is 0 Å². The van der Waals surface area contributed by atoms with Crippen LogP contribution in [0.2, 0.25) is 0 Å². The number of hydrazine groups is 1. The highest BCUT2D eigenvalue weighted by Gasteiger charge is 2.11. The SMILES string of the molecule is COc1ccc(Br)cc1Nc1nc(C)nc(NN)c1C. The van der Waals surface area contributed by atoms with Crippen LogP contribution in [-0.2, 0) is 0 Å². The summed E-state index contributed by atoms with van der Waals surface area (Å²) in [6.45, 7) is 3.70. The van der Waals surface area contributed by atoms with Crippen molar-refractivity contribution in [3.63, 3.8) is 0 Å². The molecule has 0 spiro atoms. The molecule has 0 bridgehead atoms. The second kappa shape index (κ2) is 6.06. The predicted octanol–water partition coefficient (Wildman–Crippen LogP) is 2.89. The number of nitrogens with one attached hydrogen (secondary N) is 2. The number of hydrogen-bond acceptors (Lipinski definition) is 6. The Hall–Kier alpha value is -1.86. The van der Waals surface area contributed by atoms with Crippen LogP contribution in [0.15, 0.2) is 22.7 Å². The maximum atomic E-state index is 5.46. The molecule has 0 aliphatic carbocycles. The normalized spacial score (nSPS) is 10.2. The first-order chi connectivity index (χ1) is 9.55. The van der Waals surface area contributed by atoms with Crippen LogP contribution in [0.25, 0.3) is 0 Å². The summed E-state index contributed by atoms with van der Waals surface area (Å²) in [4.78, 5) is 8.62. The van der Waals surface area contributed by atoms with Crippen molar-refractivity contribution in [2.45, 2.75) is 13.8 Å². The summed E-state index contributed by atoms with van der Waals surface area (Å²) in [5.74, 6) is 8.09. The third-order valence-electron chi connectivity index (χ3n) is 2.81. The predicted molar refractivity (Wildman–Crippen MR) is 83.3 cm³/mol. The molecule has 0 unspecified atom stereocenters. The van der Waals surface area contributed by atoms with Crippen LogP contribution < -0.4 is 21.3 Å². The van der Waals surface area contributed by atoms with Gasteiger partial charge in [-0.15, -0.1) is 0 Å². The molecule has 0 radical (unpaired) electrons. The molecule has 7 heteroatoms. The lowest BCUT2D eigenvalue weighted by Crippen LogP contribution is -2.13. The van der Waals surface area contributed by atoms with Gasteiger partial charge in [0.1, 0.15) is 23.2 Å². The summed E-state index contributed by atoms with van der Waals surface area (Å²) in [6.07, 6.45) is 0. The smallest absolute Gasteiger partial charge is 0.148 e. The molecular formula is C13H16BrN5O. The third kappa shape index (κ3) is 3.00. The number of anilines is 3. The molecule has 4 N–H and O–H groups in total. The number of hydrogen-bond donors (Lipinski definition) is 3. The Labute approximate surface area is 125 Å². The fraction of sp³-hybridized carbons (Fsp3) is 0.231. The van der Waals surface area contributed by atoms with E-state index in [0.717, 1.165) is 21.5 Å². The van der Waals surface area contributed by atoms with Gasteiger partial charge in [-0.2, -0.15) is 0 Å².